The quantitative estimate of drug-likeness (QED) is 0.188. The van der Waals surface area contributed by atoms with Crippen molar-refractivity contribution in [2.45, 2.75) is 56.5 Å². The Kier molecular flexibility index (Phi) is 9.19. The maximum absolute atomic E-state index is 9.90. The predicted octanol–water partition coefficient (Wildman–Crippen LogP) is 2.02. The van der Waals surface area contributed by atoms with E-state index in [4.69, 9.17) is 0 Å². The van der Waals surface area contributed by atoms with Crippen molar-refractivity contribution in [1.29, 1.82) is 5.26 Å². The maximum Gasteiger partial charge on any atom is 0.288 e. The summed E-state index contributed by atoms with van der Waals surface area (Å²) in [4.78, 5) is 9.19. The molecule has 3 aromatic rings. The Labute approximate surface area is 223 Å². The van der Waals surface area contributed by atoms with Gasteiger partial charge in [-0.3, -0.25) is 16.0 Å². The van der Waals surface area contributed by atoms with Crippen LogP contribution in [0.5, 0.6) is 0 Å². The molecule has 7 unspecified atom stereocenters. The van der Waals surface area contributed by atoms with Crippen LogP contribution in [0.15, 0.2) is 39.7 Å². The molecule has 0 saturated carbocycles. The first kappa shape index (κ1) is 27.5. The molecule has 5 N–H and O–H groups in total. The zero-order valence-electron chi connectivity index (χ0n) is 21.1. The van der Waals surface area contributed by atoms with Crippen LogP contribution >= 0.6 is 23.1 Å². The molecule has 0 amide bonds. The minimum atomic E-state index is -0.567. The van der Waals surface area contributed by atoms with Crippen LogP contribution < -0.4 is 16.0 Å². The standard InChI is InChI=1S/C23H32N10O2S2/c1-12(34)10-25-19-15(9-24)14(3)18(20(28-19)26-11-13(2)35)30-31-21-29-22(36-4)33(32-21)23-27-16-7-5-6-8-17(16)37-23/h5-8,12-15,18-20,25-26,28,34-35H,10-11H2,1-4H3. The van der Waals surface area contributed by atoms with E-state index in [0.29, 0.717) is 23.4 Å². The average Bonchev–Trinajstić information content (AvgIpc) is 3.49. The van der Waals surface area contributed by atoms with Crippen LogP contribution in [0.3, 0.4) is 0 Å². The van der Waals surface area contributed by atoms with Crippen LogP contribution in [0.2, 0.25) is 0 Å². The molecule has 1 aromatic carbocycles. The third-order valence-corrected chi connectivity index (χ3v) is 7.71. The van der Waals surface area contributed by atoms with Crippen LogP contribution in [0.25, 0.3) is 15.3 Å². The normalized spacial score (nSPS) is 25.9. The Morgan fingerprint density at radius 3 is 2.54 bits per heavy atom. The van der Waals surface area contributed by atoms with E-state index in [0.717, 1.165) is 10.2 Å². The van der Waals surface area contributed by atoms with Crippen molar-refractivity contribution in [2.24, 2.45) is 22.1 Å². The highest BCUT2D eigenvalue weighted by atomic mass is 32.2. The highest BCUT2D eigenvalue weighted by Crippen LogP contribution is 2.30. The molecule has 1 aliphatic heterocycles. The second-order valence-corrected chi connectivity index (χ2v) is 10.9. The first-order valence-corrected chi connectivity index (χ1v) is 14.1. The third-order valence-electron chi connectivity index (χ3n) is 6.07. The van der Waals surface area contributed by atoms with E-state index >= 15 is 0 Å². The molecule has 12 nitrogen and oxygen atoms in total. The number of hydrogen-bond acceptors (Lipinski definition) is 13. The number of piperidine rings is 1. The van der Waals surface area contributed by atoms with Crippen LogP contribution in [0.4, 0.5) is 5.95 Å². The van der Waals surface area contributed by atoms with Gasteiger partial charge in [-0.05, 0) is 32.2 Å². The predicted molar refractivity (Wildman–Crippen MR) is 143 cm³/mol. The molecular weight excluding hydrogens is 512 g/mol. The van der Waals surface area contributed by atoms with Gasteiger partial charge in [-0.2, -0.15) is 20.0 Å². The summed E-state index contributed by atoms with van der Waals surface area (Å²) >= 11 is 2.96. The van der Waals surface area contributed by atoms with Gasteiger partial charge in [0.1, 0.15) is 6.04 Å². The maximum atomic E-state index is 9.90. The fourth-order valence-corrected chi connectivity index (χ4v) is 5.65. The molecule has 4 rings (SSSR count). The van der Waals surface area contributed by atoms with Gasteiger partial charge in [-0.25, -0.2) is 4.98 Å². The second-order valence-electron chi connectivity index (χ2n) is 9.13. The molecule has 2 aromatic heterocycles. The molecule has 0 spiro atoms. The zero-order chi connectivity index (χ0) is 26.5. The lowest BCUT2D eigenvalue weighted by Gasteiger charge is -2.43. The summed E-state index contributed by atoms with van der Waals surface area (Å²) in [5.41, 5.74) is 0.892. The van der Waals surface area contributed by atoms with Crippen molar-refractivity contribution in [3.8, 4) is 11.2 Å². The molecule has 14 heteroatoms. The van der Waals surface area contributed by atoms with Gasteiger partial charge < -0.3 is 10.2 Å². The highest BCUT2D eigenvalue weighted by molar-refractivity contribution is 7.98. The summed E-state index contributed by atoms with van der Waals surface area (Å²) in [5, 5.41) is 54.1. The number of hydrogen-bond donors (Lipinski definition) is 5. The molecule has 3 heterocycles. The molecule has 0 radical (unpaired) electrons. The van der Waals surface area contributed by atoms with Crippen LogP contribution in [0, 0.1) is 23.2 Å². The number of azo groups is 1. The van der Waals surface area contributed by atoms with Crippen molar-refractivity contribution in [3.05, 3.63) is 24.3 Å². The number of nitrogens with zero attached hydrogens (tertiary/aromatic N) is 7. The monoisotopic (exact) mass is 544 g/mol. The van der Waals surface area contributed by atoms with Gasteiger partial charge in [0.25, 0.3) is 5.95 Å². The van der Waals surface area contributed by atoms with E-state index in [1.807, 2.05) is 37.4 Å². The fourth-order valence-electron chi connectivity index (χ4n) is 4.20. The first-order chi connectivity index (χ1) is 17.8. The van der Waals surface area contributed by atoms with Crippen LogP contribution in [-0.4, -0.2) is 79.9 Å². The van der Waals surface area contributed by atoms with Crippen LogP contribution in [0.1, 0.15) is 20.8 Å². The summed E-state index contributed by atoms with van der Waals surface area (Å²) in [5.74, 6) is -0.422. The number of rotatable bonds is 10. The summed E-state index contributed by atoms with van der Waals surface area (Å²) in [6.45, 7) is 6.00. The summed E-state index contributed by atoms with van der Waals surface area (Å²) < 4.78 is 2.72. The Hall–Kier alpha value is -2.51. The van der Waals surface area contributed by atoms with Crippen molar-refractivity contribution in [2.75, 3.05) is 19.3 Å². The number of aliphatic hydroxyl groups is 2. The molecular formula is C23H32N10O2S2. The van der Waals surface area contributed by atoms with Gasteiger partial charge in [0.05, 0.1) is 46.7 Å². The van der Waals surface area contributed by atoms with Gasteiger partial charge in [-0.1, -0.05) is 42.2 Å². The number of para-hydroxylation sites is 1. The number of benzene rings is 1. The topological polar surface area (TPSA) is 169 Å². The van der Waals surface area contributed by atoms with E-state index in [2.05, 4.69) is 47.3 Å². The summed E-state index contributed by atoms with van der Waals surface area (Å²) in [6.07, 6.45) is 0.0425. The van der Waals surface area contributed by atoms with E-state index in [1.165, 1.54) is 23.1 Å². The number of nitrogens with one attached hydrogen (secondary N) is 3. The number of thioether (sulfide) groups is 1. The number of aliphatic hydroxyl groups excluding tert-OH is 2. The highest BCUT2D eigenvalue weighted by Gasteiger charge is 2.43. The zero-order valence-corrected chi connectivity index (χ0v) is 22.7. The van der Waals surface area contributed by atoms with Crippen molar-refractivity contribution < 1.29 is 10.2 Å². The van der Waals surface area contributed by atoms with Crippen molar-refractivity contribution >= 4 is 39.3 Å². The minimum Gasteiger partial charge on any atom is -0.392 e. The molecule has 1 fully saturated rings. The Bertz CT molecular complexity index is 1220. The Morgan fingerprint density at radius 1 is 1.19 bits per heavy atom. The van der Waals surface area contributed by atoms with Gasteiger partial charge in [0.15, 0.2) is 5.16 Å². The first-order valence-electron chi connectivity index (χ1n) is 12.1. The van der Waals surface area contributed by atoms with E-state index in [1.54, 1.807) is 18.5 Å². The van der Waals surface area contributed by atoms with E-state index in [9.17, 15) is 15.5 Å². The lowest BCUT2D eigenvalue weighted by molar-refractivity contribution is 0.101. The number of thiazole rings is 1. The van der Waals surface area contributed by atoms with Gasteiger partial charge in [0.2, 0.25) is 5.13 Å². The van der Waals surface area contributed by atoms with Gasteiger partial charge in [-0.15, -0.1) is 10.2 Å². The Morgan fingerprint density at radius 2 is 1.89 bits per heavy atom. The molecule has 198 valence electrons. The average molecular weight is 545 g/mol. The number of fused-ring (bicyclic) bond motifs is 1. The molecule has 1 saturated heterocycles. The van der Waals surface area contributed by atoms with Crippen LogP contribution in [-0.2, 0) is 0 Å². The lowest BCUT2D eigenvalue weighted by atomic mass is 9.81. The molecule has 1 aliphatic rings. The third kappa shape index (κ3) is 6.50. The largest absolute Gasteiger partial charge is 0.392 e. The SMILES string of the molecule is CSc1nc(N=NC2C(NCC(C)O)NC(NCC(C)O)C(C#N)C2C)nn1-c1nc2ccccc2s1. The fraction of sp³-hybridized carbons (Fsp3) is 0.565. The second kappa shape index (κ2) is 12.4. The summed E-state index contributed by atoms with van der Waals surface area (Å²) in [7, 11) is 0. The molecule has 0 bridgehead atoms. The lowest BCUT2D eigenvalue weighted by Crippen LogP contribution is -2.67. The Balaban J connectivity index is 1.59. The van der Waals surface area contributed by atoms with Crippen molar-refractivity contribution in [3.63, 3.8) is 0 Å². The van der Waals surface area contributed by atoms with Gasteiger partial charge in [0, 0.05) is 19.0 Å². The minimum absolute atomic E-state index is 0.195. The van der Waals surface area contributed by atoms with Gasteiger partial charge >= 0.3 is 0 Å². The summed E-state index contributed by atoms with van der Waals surface area (Å²) in [6, 6.07) is 9.83. The van der Waals surface area contributed by atoms with Crippen molar-refractivity contribution in [1.82, 2.24) is 35.7 Å². The smallest absolute Gasteiger partial charge is 0.288 e. The number of aromatic nitrogens is 4. The molecule has 37 heavy (non-hydrogen) atoms. The molecule has 7 atom stereocenters. The number of nitriles is 1. The molecule has 0 aliphatic carbocycles. The van der Waals surface area contributed by atoms with E-state index < -0.39 is 24.2 Å². The van der Waals surface area contributed by atoms with E-state index in [-0.39, 0.29) is 24.2 Å².